The van der Waals surface area contributed by atoms with E-state index in [-0.39, 0.29) is 17.6 Å². The van der Waals surface area contributed by atoms with Crippen LogP contribution in [-0.4, -0.2) is 66.0 Å². The molecule has 0 bridgehead atoms. The molecule has 1 N–H and O–H groups in total. The van der Waals surface area contributed by atoms with Gasteiger partial charge in [-0.1, -0.05) is 5.92 Å². The minimum atomic E-state index is -0.473. The topological polar surface area (TPSA) is 114 Å². The van der Waals surface area contributed by atoms with Crippen LogP contribution in [0.4, 0.5) is 21.7 Å². The van der Waals surface area contributed by atoms with Crippen molar-refractivity contribution in [3.63, 3.8) is 0 Å². The van der Waals surface area contributed by atoms with Gasteiger partial charge in [-0.05, 0) is 57.0 Å². The molecule has 5 heterocycles. The fraction of sp³-hybridized carbons (Fsp3) is 0.241. The molecule has 0 radical (unpaired) electrons. The number of nitrogens with one attached hydrogen (secondary N) is 1. The molecule has 1 aromatic carbocycles. The number of ether oxygens (including phenoxy) is 1. The van der Waals surface area contributed by atoms with Crippen LogP contribution in [-0.2, 0) is 4.79 Å². The number of hydrogen-bond donors (Lipinski definition) is 1. The van der Waals surface area contributed by atoms with Crippen molar-refractivity contribution in [3.8, 4) is 23.3 Å². The molecule has 1 aliphatic heterocycles. The normalized spacial score (nSPS) is 15.1. The number of aromatic nitrogens is 6. The van der Waals surface area contributed by atoms with Crippen molar-refractivity contribution in [2.75, 3.05) is 29.9 Å². The Balaban J connectivity index is 1.24. The number of anilines is 3. The minimum absolute atomic E-state index is 0.0321. The Morgan fingerprint density at radius 3 is 2.83 bits per heavy atom. The van der Waals surface area contributed by atoms with Crippen molar-refractivity contribution < 1.29 is 13.9 Å². The van der Waals surface area contributed by atoms with E-state index in [1.54, 1.807) is 53.7 Å². The van der Waals surface area contributed by atoms with Crippen LogP contribution in [0.1, 0.15) is 19.4 Å². The lowest BCUT2D eigenvalue weighted by Gasteiger charge is -2.39. The summed E-state index contributed by atoms with van der Waals surface area (Å²) in [5, 5.41) is 7.16. The Kier molecular flexibility index (Phi) is 6.76. The van der Waals surface area contributed by atoms with Gasteiger partial charge in [0.1, 0.15) is 35.5 Å². The largest absolute Gasteiger partial charge is 0.457 e. The second-order valence-electron chi connectivity index (χ2n) is 9.63. The summed E-state index contributed by atoms with van der Waals surface area (Å²) in [4.78, 5) is 33.8. The fourth-order valence-electron chi connectivity index (χ4n) is 4.83. The predicted octanol–water partition coefficient (Wildman–Crippen LogP) is 4.11. The molecule has 0 saturated carbocycles. The van der Waals surface area contributed by atoms with Gasteiger partial charge in [-0.15, -0.1) is 0 Å². The van der Waals surface area contributed by atoms with Gasteiger partial charge < -0.3 is 19.9 Å². The first-order chi connectivity index (χ1) is 19.9. The van der Waals surface area contributed by atoms with Crippen LogP contribution in [0.2, 0.25) is 0 Å². The molecule has 1 fully saturated rings. The lowest BCUT2D eigenvalue weighted by Crippen LogP contribution is -2.54. The number of piperazine rings is 1. The average molecular weight is 552 g/mol. The highest BCUT2D eigenvalue weighted by Crippen LogP contribution is 2.33. The van der Waals surface area contributed by atoms with Crippen LogP contribution in [0.25, 0.3) is 16.7 Å². The number of nitrogens with zero attached hydrogens (tertiary/aromatic N) is 8. The molecule has 4 aromatic heterocycles. The van der Waals surface area contributed by atoms with E-state index in [4.69, 9.17) is 9.72 Å². The van der Waals surface area contributed by atoms with Crippen LogP contribution in [0.15, 0.2) is 55.2 Å². The zero-order valence-electron chi connectivity index (χ0n) is 22.7. The maximum absolute atomic E-state index is 15.5. The zero-order valence-corrected chi connectivity index (χ0v) is 22.7. The summed E-state index contributed by atoms with van der Waals surface area (Å²) in [5.74, 6) is 6.64. The number of hydrogen-bond acceptors (Lipinski definition) is 9. The first kappa shape index (κ1) is 25.9. The van der Waals surface area contributed by atoms with Crippen molar-refractivity contribution in [1.82, 2.24) is 34.4 Å². The van der Waals surface area contributed by atoms with Crippen molar-refractivity contribution in [1.29, 1.82) is 0 Å². The van der Waals surface area contributed by atoms with Gasteiger partial charge in [0.25, 0.3) is 5.91 Å². The molecule has 6 rings (SSSR count). The number of amides is 1. The molecule has 1 saturated heterocycles. The minimum Gasteiger partial charge on any atom is -0.457 e. The third-order valence-electron chi connectivity index (χ3n) is 6.98. The van der Waals surface area contributed by atoms with Crippen LogP contribution in [0.3, 0.4) is 0 Å². The number of halogens is 1. The molecule has 5 aromatic rings. The number of fused-ring (bicyclic) bond motifs is 2. The quantitative estimate of drug-likeness (QED) is 0.322. The number of benzene rings is 1. The van der Waals surface area contributed by atoms with E-state index in [1.807, 2.05) is 19.1 Å². The Morgan fingerprint density at radius 2 is 2.00 bits per heavy atom. The van der Waals surface area contributed by atoms with Crippen molar-refractivity contribution in [2.45, 2.75) is 26.8 Å². The molecule has 1 aliphatic rings. The van der Waals surface area contributed by atoms with Crippen LogP contribution in [0.5, 0.6) is 11.5 Å². The average Bonchev–Trinajstić information content (AvgIpc) is 3.45. The van der Waals surface area contributed by atoms with Gasteiger partial charge >= 0.3 is 0 Å². The highest BCUT2D eigenvalue weighted by Gasteiger charge is 2.27. The first-order valence-corrected chi connectivity index (χ1v) is 13.0. The van der Waals surface area contributed by atoms with Crippen LogP contribution < -0.4 is 15.0 Å². The maximum Gasteiger partial charge on any atom is 0.298 e. The Bertz CT molecular complexity index is 1850. The molecule has 1 atom stereocenters. The van der Waals surface area contributed by atoms with Gasteiger partial charge in [-0.25, -0.2) is 28.8 Å². The van der Waals surface area contributed by atoms with Crippen molar-refractivity contribution in [3.05, 3.63) is 66.6 Å². The maximum atomic E-state index is 15.5. The third-order valence-corrected chi connectivity index (χ3v) is 6.98. The van der Waals surface area contributed by atoms with Crippen molar-refractivity contribution in [2.24, 2.45) is 0 Å². The summed E-state index contributed by atoms with van der Waals surface area (Å²) in [7, 11) is 0. The molecule has 0 spiro atoms. The number of carbonyl (C=O) groups is 1. The first-order valence-electron chi connectivity index (χ1n) is 13.0. The molecule has 41 heavy (non-hydrogen) atoms. The summed E-state index contributed by atoms with van der Waals surface area (Å²) < 4.78 is 23.1. The van der Waals surface area contributed by atoms with Gasteiger partial charge in [0.2, 0.25) is 0 Å². The van der Waals surface area contributed by atoms with Crippen molar-refractivity contribution >= 4 is 39.9 Å². The molecule has 12 heteroatoms. The van der Waals surface area contributed by atoms with E-state index in [9.17, 15) is 4.79 Å². The van der Waals surface area contributed by atoms with Crippen LogP contribution >= 0.6 is 0 Å². The SMILES string of the molecule is CC#CC(=O)N1CCN(c2ccc3ncnc(Nc4ccc(Oc5ccn6ncnc6c5)c(C)c4F)c3n2)C[C@H]1C. The number of rotatable bonds is 5. The van der Waals surface area contributed by atoms with E-state index in [2.05, 4.69) is 42.1 Å². The molecular weight excluding hydrogens is 525 g/mol. The molecule has 1 amide bonds. The van der Waals surface area contributed by atoms with Gasteiger partial charge in [0.05, 0.1) is 11.2 Å². The molecule has 206 valence electrons. The van der Waals surface area contributed by atoms with E-state index >= 15 is 4.39 Å². The molecule has 0 aliphatic carbocycles. The van der Waals surface area contributed by atoms with Gasteiger partial charge in [-0.2, -0.15) is 5.10 Å². The highest BCUT2D eigenvalue weighted by atomic mass is 19.1. The predicted molar refractivity (Wildman–Crippen MR) is 152 cm³/mol. The lowest BCUT2D eigenvalue weighted by molar-refractivity contribution is -0.127. The van der Waals surface area contributed by atoms with E-state index in [0.717, 1.165) is 5.82 Å². The Labute approximate surface area is 235 Å². The summed E-state index contributed by atoms with van der Waals surface area (Å²) in [6.07, 6.45) is 4.59. The third kappa shape index (κ3) is 5.05. The fourth-order valence-corrected chi connectivity index (χ4v) is 4.83. The number of pyridine rings is 2. The van der Waals surface area contributed by atoms with E-state index < -0.39 is 5.82 Å². The summed E-state index contributed by atoms with van der Waals surface area (Å²) >= 11 is 0. The second kappa shape index (κ2) is 10.7. The summed E-state index contributed by atoms with van der Waals surface area (Å²) in [6.45, 7) is 7.04. The highest BCUT2D eigenvalue weighted by molar-refractivity contribution is 5.94. The van der Waals surface area contributed by atoms with Gasteiger partial charge in [0.15, 0.2) is 17.3 Å². The second-order valence-corrected chi connectivity index (χ2v) is 9.63. The summed E-state index contributed by atoms with van der Waals surface area (Å²) in [6, 6.07) is 10.5. The monoisotopic (exact) mass is 551 g/mol. The molecule has 11 nitrogen and oxygen atoms in total. The number of carbonyl (C=O) groups excluding carboxylic acids is 1. The molecule has 0 unspecified atom stereocenters. The van der Waals surface area contributed by atoms with Gasteiger partial charge in [0, 0.05) is 43.5 Å². The van der Waals surface area contributed by atoms with E-state index in [1.165, 1.54) is 12.7 Å². The standard InChI is InChI=1S/C29H26FN9O2/c1-4-5-26(40)38-13-12-37(15-18(38)2)24-9-7-22-28(36-24)29(33-16-31-22)35-21-6-8-23(19(3)27(21)30)41-20-10-11-39-25(14-20)32-17-34-39/h6-11,14,16-18H,12-13,15H2,1-3H3,(H,31,33,35)/t18-/m1/s1. The zero-order chi connectivity index (χ0) is 28.5. The van der Waals surface area contributed by atoms with Crippen LogP contribution in [0, 0.1) is 24.6 Å². The van der Waals surface area contributed by atoms with E-state index in [0.29, 0.717) is 59.2 Å². The Morgan fingerprint density at radius 1 is 1.12 bits per heavy atom. The molecular formula is C29H26FN9O2. The lowest BCUT2D eigenvalue weighted by atomic mass is 10.1. The van der Waals surface area contributed by atoms with Gasteiger partial charge in [-0.3, -0.25) is 4.79 Å². The summed E-state index contributed by atoms with van der Waals surface area (Å²) in [5.41, 5.74) is 2.31. The Hall–Kier alpha value is -5.31. The smallest absolute Gasteiger partial charge is 0.298 e.